The summed E-state index contributed by atoms with van der Waals surface area (Å²) >= 11 is 0. The number of nitrogens with one attached hydrogen (secondary N) is 1. The summed E-state index contributed by atoms with van der Waals surface area (Å²) in [6.45, 7) is 3.53. The monoisotopic (exact) mass is 411 g/mol. The number of rotatable bonds is 6. The minimum Gasteiger partial charge on any atom is -0.322 e. The van der Waals surface area contributed by atoms with Gasteiger partial charge in [-0.1, -0.05) is 0 Å². The molecule has 0 saturated carbocycles. The third kappa shape index (κ3) is 4.92. The number of nitrogens with zero attached hydrogens (tertiary/aromatic N) is 1. The average Bonchev–Trinajstić information content (AvgIpc) is 2.60. The first-order chi connectivity index (χ1) is 12.4. The van der Waals surface area contributed by atoms with E-state index in [-0.39, 0.29) is 21.4 Å². The molecule has 0 fully saturated rings. The number of carbonyl (C=O) groups excluding carboxylic acids is 1. The third-order valence-electron chi connectivity index (χ3n) is 3.96. The number of hydrogen-bond acceptors (Lipinski definition) is 5. The number of benzene rings is 2. The summed E-state index contributed by atoms with van der Waals surface area (Å²) in [4.78, 5) is 12.3. The van der Waals surface area contributed by atoms with E-state index in [1.165, 1.54) is 59.9 Å². The van der Waals surface area contributed by atoms with Crippen LogP contribution in [0.5, 0.6) is 0 Å². The average molecular weight is 412 g/mol. The summed E-state index contributed by atoms with van der Waals surface area (Å²) in [7, 11) is -5.94. The van der Waals surface area contributed by atoms with Crippen LogP contribution in [0.1, 0.15) is 24.2 Å². The lowest BCUT2D eigenvalue weighted by atomic mass is 10.2. The molecule has 1 amide bonds. The van der Waals surface area contributed by atoms with Crippen LogP contribution < -0.4 is 10.5 Å². The Morgan fingerprint density at radius 1 is 0.926 bits per heavy atom. The van der Waals surface area contributed by atoms with Crippen molar-refractivity contribution >= 4 is 31.6 Å². The zero-order chi connectivity index (χ0) is 20.4. The van der Waals surface area contributed by atoms with Crippen LogP contribution in [0, 0.1) is 0 Å². The number of sulfonamides is 2. The smallest absolute Gasteiger partial charge is 0.255 e. The number of carbonyl (C=O) groups is 1. The van der Waals surface area contributed by atoms with Gasteiger partial charge in [0.2, 0.25) is 20.0 Å². The second kappa shape index (κ2) is 7.77. The molecule has 10 heteroatoms. The number of amides is 1. The summed E-state index contributed by atoms with van der Waals surface area (Å²) in [6.07, 6.45) is 0. The van der Waals surface area contributed by atoms with Crippen LogP contribution in [0.4, 0.5) is 5.69 Å². The SMILES string of the molecule is CC(C)N(C)S(=O)(=O)c1ccc(C(=O)Nc2ccc(S(N)(=O)=O)cc2)cc1. The molecule has 0 heterocycles. The highest BCUT2D eigenvalue weighted by atomic mass is 32.2. The maximum atomic E-state index is 12.4. The molecule has 0 aliphatic heterocycles. The van der Waals surface area contributed by atoms with Crippen LogP contribution in [0.3, 0.4) is 0 Å². The van der Waals surface area contributed by atoms with E-state index >= 15 is 0 Å². The molecule has 3 N–H and O–H groups in total. The Balaban J connectivity index is 2.16. The first-order valence-corrected chi connectivity index (χ1v) is 10.9. The van der Waals surface area contributed by atoms with E-state index in [1.54, 1.807) is 13.8 Å². The summed E-state index contributed by atoms with van der Waals surface area (Å²) < 4.78 is 48.6. The molecule has 2 aromatic rings. The van der Waals surface area contributed by atoms with Gasteiger partial charge in [0.25, 0.3) is 5.91 Å². The van der Waals surface area contributed by atoms with Gasteiger partial charge in [0.15, 0.2) is 0 Å². The van der Waals surface area contributed by atoms with Crippen molar-refractivity contribution < 1.29 is 21.6 Å². The van der Waals surface area contributed by atoms with Gasteiger partial charge in [-0.15, -0.1) is 0 Å². The van der Waals surface area contributed by atoms with Crippen molar-refractivity contribution in [2.45, 2.75) is 29.7 Å². The fraction of sp³-hybridized carbons (Fsp3) is 0.235. The molecule has 0 aliphatic rings. The molecule has 2 rings (SSSR count). The van der Waals surface area contributed by atoms with Gasteiger partial charge in [-0.3, -0.25) is 4.79 Å². The second-order valence-electron chi connectivity index (χ2n) is 6.16. The Kier molecular flexibility index (Phi) is 6.05. The lowest BCUT2D eigenvalue weighted by molar-refractivity contribution is 0.102. The predicted octanol–water partition coefficient (Wildman–Crippen LogP) is 1.62. The topological polar surface area (TPSA) is 127 Å². The lowest BCUT2D eigenvalue weighted by Crippen LogP contribution is -2.33. The molecule has 0 spiro atoms. The summed E-state index contributed by atoms with van der Waals surface area (Å²) in [5.74, 6) is -0.459. The van der Waals surface area contributed by atoms with Gasteiger partial charge < -0.3 is 5.32 Å². The first-order valence-electron chi connectivity index (χ1n) is 7.95. The predicted molar refractivity (Wildman–Crippen MR) is 102 cm³/mol. The lowest BCUT2D eigenvalue weighted by Gasteiger charge is -2.21. The fourth-order valence-electron chi connectivity index (χ4n) is 2.15. The highest BCUT2D eigenvalue weighted by Gasteiger charge is 2.23. The van der Waals surface area contributed by atoms with Crippen LogP contribution in [0.15, 0.2) is 58.3 Å². The molecule has 0 bridgehead atoms. The van der Waals surface area contributed by atoms with E-state index in [1.807, 2.05) is 0 Å². The van der Waals surface area contributed by atoms with E-state index in [4.69, 9.17) is 5.14 Å². The zero-order valence-corrected chi connectivity index (χ0v) is 16.7. The van der Waals surface area contributed by atoms with Crippen LogP contribution in [0.25, 0.3) is 0 Å². The standard InChI is InChI=1S/C17H21N3O5S2/c1-12(2)20(3)27(24,25)16-8-4-13(5-9-16)17(21)19-14-6-10-15(11-7-14)26(18,22)23/h4-12H,1-3H3,(H,19,21)(H2,18,22,23). The number of hydrogen-bond donors (Lipinski definition) is 2. The van der Waals surface area contributed by atoms with Crippen LogP contribution in [-0.2, 0) is 20.0 Å². The molecular weight excluding hydrogens is 390 g/mol. The molecule has 0 atom stereocenters. The van der Waals surface area contributed by atoms with Gasteiger partial charge >= 0.3 is 0 Å². The number of primary sulfonamides is 1. The Morgan fingerprint density at radius 2 is 1.41 bits per heavy atom. The Hall–Kier alpha value is -2.27. The molecule has 27 heavy (non-hydrogen) atoms. The molecule has 0 unspecified atom stereocenters. The number of anilines is 1. The molecule has 0 saturated heterocycles. The number of nitrogens with two attached hydrogens (primary N) is 1. The minimum atomic E-state index is -3.81. The van der Waals surface area contributed by atoms with Crippen LogP contribution >= 0.6 is 0 Å². The van der Waals surface area contributed by atoms with E-state index in [0.29, 0.717) is 5.69 Å². The van der Waals surface area contributed by atoms with Gasteiger partial charge in [-0.05, 0) is 62.4 Å². The third-order valence-corrected chi connectivity index (χ3v) is 6.94. The molecule has 146 valence electrons. The Morgan fingerprint density at radius 3 is 1.85 bits per heavy atom. The molecule has 2 aromatic carbocycles. The normalized spacial score (nSPS) is 12.4. The van der Waals surface area contributed by atoms with Crippen LogP contribution in [0.2, 0.25) is 0 Å². The molecular formula is C17H21N3O5S2. The Bertz CT molecular complexity index is 1030. The van der Waals surface area contributed by atoms with Gasteiger partial charge in [-0.25, -0.2) is 22.0 Å². The fourth-order valence-corrected chi connectivity index (χ4v) is 4.04. The zero-order valence-electron chi connectivity index (χ0n) is 15.1. The largest absolute Gasteiger partial charge is 0.322 e. The molecule has 8 nitrogen and oxygen atoms in total. The first kappa shape index (κ1) is 21.0. The molecule has 0 aliphatic carbocycles. The quantitative estimate of drug-likeness (QED) is 0.747. The van der Waals surface area contributed by atoms with Crippen molar-refractivity contribution in [1.29, 1.82) is 0 Å². The van der Waals surface area contributed by atoms with Gasteiger partial charge in [-0.2, -0.15) is 4.31 Å². The van der Waals surface area contributed by atoms with E-state index in [0.717, 1.165) is 0 Å². The highest BCUT2D eigenvalue weighted by molar-refractivity contribution is 7.89. The van der Waals surface area contributed by atoms with Crippen molar-refractivity contribution in [3.63, 3.8) is 0 Å². The summed E-state index contributed by atoms with van der Waals surface area (Å²) in [5.41, 5.74) is 0.639. The maximum absolute atomic E-state index is 12.4. The van der Waals surface area contributed by atoms with Crippen LogP contribution in [-0.4, -0.2) is 40.1 Å². The minimum absolute atomic E-state index is 0.0654. The molecule has 0 aromatic heterocycles. The summed E-state index contributed by atoms with van der Waals surface area (Å²) in [5, 5.41) is 7.62. The van der Waals surface area contributed by atoms with Gasteiger partial charge in [0.05, 0.1) is 9.79 Å². The highest BCUT2D eigenvalue weighted by Crippen LogP contribution is 2.18. The van der Waals surface area contributed by atoms with Crippen molar-refractivity contribution in [2.75, 3.05) is 12.4 Å². The van der Waals surface area contributed by atoms with E-state index in [9.17, 15) is 21.6 Å². The Labute approximate surface area is 159 Å². The maximum Gasteiger partial charge on any atom is 0.255 e. The van der Waals surface area contributed by atoms with Gasteiger partial charge in [0.1, 0.15) is 0 Å². The van der Waals surface area contributed by atoms with Crippen molar-refractivity contribution in [2.24, 2.45) is 5.14 Å². The van der Waals surface area contributed by atoms with E-state index in [2.05, 4.69) is 5.32 Å². The second-order valence-corrected chi connectivity index (χ2v) is 9.72. The van der Waals surface area contributed by atoms with Gasteiger partial charge in [0, 0.05) is 24.3 Å². The molecule has 0 radical (unpaired) electrons. The van der Waals surface area contributed by atoms with Crippen molar-refractivity contribution in [3.8, 4) is 0 Å². The van der Waals surface area contributed by atoms with E-state index < -0.39 is 26.0 Å². The van der Waals surface area contributed by atoms with Crippen molar-refractivity contribution in [1.82, 2.24) is 4.31 Å². The van der Waals surface area contributed by atoms with Crippen molar-refractivity contribution in [3.05, 3.63) is 54.1 Å². The summed E-state index contributed by atoms with van der Waals surface area (Å²) in [6, 6.07) is 10.7.